The Bertz CT molecular complexity index is 105. The van der Waals surface area contributed by atoms with Gasteiger partial charge in [0.15, 0.2) is 0 Å². The van der Waals surface area contributed by atoms with Crippen molar-refractivity contribution < 1.29 is 36.6 Å². The molecular formula is C4H6Br2CoO4. The Balaban J connectivity index is -0.000000107. The van der Waals surface area contributed by atoms with Gasteiger partial charge in [0, 0.05) is 16.8 Å². The summed E-state index contributed by atoms with van der Waals surface area (Å²) < 4.78 is 0. The molecule has 0 fully saturated rings. The van der Waals surface area contributed by atoms with E-state index in [4.69, 9.17) is 10.2 Å². The minimum atomic E-state index is -0.829. The number of carboxylic acid groups (broad SMARTS) is 2. The van der Waals surface area contributed by atoms with E-state index >= 15 is 0 Å². The molecule has 69 valence electrons. The van der Waals surface area contributed by atoms with Crippen LogP contribution in [-0.4, -0.2) is 32.8 Å². The first-order valence-corrected chi connectivity index (χ1v) is 4.34. The molecule has 0 unspecified atom stereocenters. The second-order valence-electron chi connectivity index (χ2n) is 1.05. The normalized spacial score (nSPS) is 6.73. The molecule has 2 N–H and O–H groups in total. The van der Waals surface area contributed by atoms with Gasteiger partial charge in [0.05, 0.1) is 0 Å². The second-order valence-corrected chi connectivity index (χ2v) is 2.18. The Hall–Kier alpha value is 0.406. The maximum Gasteiger partial charge on any atom is 0.314 e. The number of carboxylic acids is 2. The fourth-order valence-electron chi connectivity index (χ4n) is 0. The van der Waals surface area contributed by atoms with Crippen LogP contribution in [0.25, 0.3) is 0 Å². The number of hydrogen-bond acceptors (Lipinski definition) is 2. The SMILES string of the molecule is O=C(O)CBr.O=C(O)CBr.[Co]. The van der Waals surface area contributed by atoms with Gasteiger partial charge in [-0.25, -0.2) is 0 Å². The summed E-state index contributed by atoms with van der Waals surface area (Å²) in [5.41, 5.74) is 0. The van der Waals surface area contributed by atoms with Gasteiger partial charge in [-0.2, -0.15) is 0 Å². The number of aliphatic carboxylic acids is 2. The molecule has 0 rings (SSSR count). The Morgan fingerprint density at radius 3 is 1.09 bits per heavy atom. The molecule has 4 nitrogen and oxygen atoms in total. The van der Waals surface area contributed by atoms with Crippen LogP contribution in [0, 0.1) is 0 Å². The Morgan fingerprint density at radius 2 is 1.09 bits per heavy atom. The van der Waals surface area contributed by atoms with Gasteiger partial charge < -0.3 is 10.2 Å². The van der Waals surface area contributed by atoms with E-state index < -0.39 is 11.9 Å². The van der Waals surface area contributed by atoms with Gasteiger partial charge in [-0.15, -0.1) is 0 Å². The maximum atomic E-state index is 9.32. The van der Waals surface area contributed by atoms with Crippen molar-refractivity contribution in [2.24, 2.45) is 0 Å². The van der Waals surface area contributed by atoms with Crippen LogP contribution in [0.5, 0.6) is 0 Å². The van der Waals surface area contributed by atoms with Crippen LogP contribution in [0.3, 0.4) is 0 Å². The van der Waals surface area contributed by atoms with Crippen molar-refractivity contribution in [2.75, 3.05) is 10.7 Å². The van der Waals surface area contributed by atoms with Crippen LogP contribution in [0.4, 0.5) is 0 Å². The van der Waals surface area contributed by atoms with E-state index in [0.29, 0.717) is 0 Å². The third-order valence-electron chi connectivity index (χ3n) is 0.229. The van der Waals surface area contributed by atoms with Gasteiger partial charge in [0.2, 0.25) is 0 Å². The van der Waals surface area contributed by atoms with Crippen molar-refractivity contribution in [1.82, 2.24) is 0 Å². The van der Waals surface area contributed by atoms with Crippen LogP contribution in [0.15, 0.2) is 0 Å². The predicted molar refractivity (Wildman–Crippen MR) is 42.9 cm³/mol. The first kappa shape index (κ1) is 17.5. The fraction of sp³-hybridized carbons (Fsp3) is 0.500. The number of halogens is 2. The molecule has 7 heteroatoms. The molecule has 0 aromatic rings. The largest absolute Gasteiger partial charge is 0.481 e. The van der Waals surface area contributed by atoms with Crippen molar-refractivity contribution >= 4 is 43.8 Å². The van der Waals surface area contributed by atoms with Crippen molar-refractivity contribution in [2.45, 2.75) is 0 Å². The van der Waals surface area contributed by atoms with E-state index in [0.717, 1.165) is 0 Å². The molecule has 0 bridgehead atoms. The molecule has 0 atom stereocenters. The standard InChI is InChI=1S/2C2H3BrO2.Co/c2*3-1-2(4)5;/h2*1H2,(H,4,5);. The van der Waals surface area contributed by atoms with Crippen LogP contribution < -0.4 is 0 Å². The maximum absolute atomic E-state index is 9.32. The molecule has 0 aliphatic carbocycles. The zero-order valence-corrected chi connectivity index (χ0v) is 9.43. The molecule has 0 saturated heterocycles. The first-order valence-electron chi connectivity index (χ1n) is 2.10. The average Bonchev–Trinajstić information content (AvgIpc) is 1.89. The molecule has 11 heavy (non-hydrogen) atoms. The minimum Gasteiger partial charge on any atom is -0.481 e. The number of carbonyl (C=O) groups is 2. The van der Waals surface area contributed by atoms with Crippen molar-refractivity contribution in [3.05, 3.63) is 0 Å². The molecule has 0 saturated carbocycles. The summed E-state index contributed by atoms with van der Waals surface area (Å²) in [4.78, 5) is 18.6. The summed E-state index contributed by atoms with van der Waals surface area (Å²) in [5, 5.41) is 15.4. The van der Waals surface area contributed by atoms with Crippen LogP contribution >= 0.6 is 31.9 Å². The van der Waals surface area contributed by atoms with E-state index in [1.807, 2.05) is 0 Å². The van der Waals surface area contributed by atoms with Gasteiger partial charge >= 0.3 is 11.9 Å². The smallest absolute Gasteiger partial charge is 0.314 e. The number of hydrogen-bond donors (Lipinski definition) is 2. The second kappa shape index (κ2) is 13.0. The van der Waals surface area contributed by atoms with Crippen molar-refractivity contribution in [3.63, 3.8) is 0 Å². The zero-order chi connectivity index (χ0) is 8.57. The quantitative estimate of drug-likeness (QED) is 0.736. The summed E-state index contributed by atoms with van der Waals surface area (Å²) in [5.74, 6) is -1.66. The number of rotatable bonds is 2. The summed E-state index contributed by atoms with van der Waals surface area (Å²) in [6, 6.07) is 0. The summed E-state index contributed by atoms with van der Waals surface area (Å²) in [6.45, 7) is 0. The van der Waals surface area contributed by atoms with Gasteiger partial charge in [0.1, 0.15) is 10.7 Å². The molecule has 0 aliphatic heterocycles. The van der Waals surface area contributed by atoms with Gasteiger partial charge in [-0.1, -0.05) is 31.9 Å². The summed E-state index contributed by atoms with van der Waals surface area (Å²) in [7, 11) is 0. The van der Waals surface area contributed by atoms with Crippen LogP contribution in [0.2, 0.25) is 0 Å². The number of alkyl halides is 2. The predicted octanol–water partition coefficient (Wildman–Crippen LogP) is 0.929. The van der Waals surface area contributed by atoms with Gasteiger partial charge in [0.25, 0.3) is 0 Å². The molecule has 0 aromatic heterocycles. The zero-order valence-electron chi connectivity index (χ0n) is 5.21. The van der Waals surface area contributed by atoms with E-state index in [2.05, 4.69) is 31.9 Å². The van der Waals surface area contributed by atoms with Crippen molar-refractivity contribution in [1.29, 1.82) is 0 Å². The first-order chi connectivity index (χ1) is 4.54. The van der Waals surface area contributed by atoms with E-state index in [-0.39, 0.29) is 27.4 Å². The fourth-order valence-corrected chi connectivity index (χ4v) is 0. The minimum absolute atomic E-state index is 0. The van der Waals surface area contributed by atoms with E-state index in [1.54, 1.807) is 0 Å². The monoisotopic (exact) mass is 335 g/mol. The molecule has 0 spiro atoms. The molecule has 0 amide bonds. The average molecular weight is 337 g/mol. The van der Waals surface area contributed by atoms with E-state index in [1.165, 1.54) is 0 Å². The molecular weight excluding hydrogens is 331 g/mol. The van der Waals surface area contributed by atoms with Crippen molar-refractivity contribution in [3.8, 4) is 0 Å². The molecule has 0 aromatic carbocycles. The van der Waals surface area contributed by atoms with Gasteiger partial charge in [-0.05, 0) is 0 Å². The van der Waals surface area contributed by atoms with Crippen LogP contribution in [-0.2, 0) is 26.4 Å². The molecule has 0 aliphatic rings. The third kappa shape index (κ3) is 37.9. The Morgan fingerprint density at radius 1 is 1.00 bits per heavy atom. The molecule has 0 heterocycles. The third-order valence-corrected chi connectivity index (χ3v) is 1.19. The topological polar surface area (TPSA) is 74.6 Å². The Labute approximate surface area is 90.8 Å². The molecule has 1 radical (unpaired) electrons. The van der Waals surface area contributed by atoms with Gasteiger partial charge in [-0.3, -0.25) is 9.59 Å². The van der Waals surface area contributed by atoms with Crippen LogP contribution in [0.1, 0.15) is 0 Å². The van der Waals surface area contributed by atoms with E-state index in [9.17, 15) is 9.59 Å². The summed E-state index contributed by atoms with van der Waals surface area (Å²) in [6.07, 6.45) is 0. The Kier molecular flexibility index (Phi) is 20.7. The summed E-state index contributed by atoms with van der Waals surface area (Å²) >= 11 is 5.43.